The van der Waals surface area contributed by atoms with Gasteiger partial charge in [-0.15, -0.1) is 0 Å². The highest BCUT2D eigenvalue weighted by molar-refractivity contribution is 5.98. The second-order valence-corrected chi connectivity index (χ2v) is 9.49. The van der Waals surface area contributed by atoms with Crippen LogP contribution in [-0.2, 0) is 25.7 Å². The molecule has 2 aromatic carbocycles. The van der Waals surface area contributed by atoms with E-state index in [0.717, 1.165) is 31.4 Å². The van der Waals surface area contributed by atoms with Crippen LogP contribution in [-0.4, -0.2) is 51.0 Å². The van der Waals surface area contributed by atoms with Crippen LogP contribution in [0.25, 0.3) is 0 Å². The van der Waals surface area contributed by atoms with E-state index in [1.165, 1.54) is 27.3 Å². The van der Waals surface area contributed by atoms with Gasteiger partial charge in [0.25, 0.3) is 11.8 Å². The number of nitrogens with zero attached hydrogens (tertiary/aromatic N) is 4. The van der Waals surface area contributed by atoms with Crippen LogP contribution < -0.4 is 0 Å². The molecule has 1 aromatic heterocycles. The van der Waals surface area contributed by atoms with E-state index in [1.54, 1.807) is 11.0 Å². The van der Waals surface area contributed by atoms with Gasteiger partial charge in [-0.3, -0.25) is 14.3 Å². The van der Waals surface area contributed by atoms with Gasteiger partial charge in [0, 0.05) is 32.2 Å². The van der Waals surface area contributed by atoms with Gasteiger partial charge in [0.1, 0.15) is 5.69 Å². The summed E-state index contributed by atoms with van der Waals surface area (Å²) in [7, 11) is 0. The Bertz CT molecular complexity index is 1250. The largest absolute Gasteiger partial charge is 0.416 e. The summed E-state index contributed by atoms with van der Waals surface area (Å²) in [4.78, 5) is 29.4. The Morgan fingerprint density at radius 3 is 2.36 bits per heavy atom. The number of alkyl halides is 3. The summed E-state index contributed by atoms with van der Waals surface area (Å²) in [6, 6.07) is 16.8. The third-order valence-electron chi connectivity index (χ3n) is 6.98. The molecule has 0 saturated carbocycles. The van der Waals surface area contributed by atoms with Gasteiger partial charge in [0.2, 0.25) is 0 Å². The Labute approximate surface area is 207 Å². The normalized spacial score (nSPS) is 16.8. The number of amides is 2. The highest BCUT2D eigenvalue weighted by Gasteiger charge is 2.32. The first-order chi connectivity index (χ1) is 17.3. The van der Waals surface area contributed by atoms with Crippen LogP contribution in [0.15, 0.2) is 60.7 Å². The number of hydrogen-bond donors (Lipinski definition) is 0. The maximum absolute atomic E-state index is 13.1. The van der Waals surface area contributed by atoms with Crippen LogP contribution in [0, 0.1) is 5.92 Å². The molecule has 0 unspecified atom stereocenters. The third-order valence-corrected chi connectivity index (χ3v) is 6.98. The molecule has 36 heavy (non-hydrogen) atoms. The zero-order valence-corrected chi connectivity index (χ0v) is 19.7. The first-order valence-corrected chi connectivity index (χ1v) is 12.1. The molecule has 1 saturated heterocycles. The lowest BCUT2D eigenvalue weighted by Gasteiger charge is -2.31. The summed E-state index contributed by atoms with van der Waals surface area (Å²) in [6.07, 6.45) is -1.61. The maximum atomic E-state index is 13.1. The van der Waals surface area contributed by atoms with Crippen molar-refractivity contribution in [1.82, 2.24) is 19.6 Å². The van der Waals surface area contributed by atoms with Crippen molar-refractivity contribution in [2.45, 2.75) is 38.5 Å². The standard InChI is InChI=1S/C27H27F3N4O2/c28-27(29,30)22-8-4-7-21(16-22)18-33-13-14-34-24(26(33)36)17-23(31-34)25(35)32-11-9-20(10-12-32)15-19-5-2-1-3-6-19/h1-8,16-17,20H,9-15,18H2. The highest BCUT2D eigenvalue weighted by Crippen LogP contribution is 2.30. The SMILES string of the molecule is O=C(c1cc2n(n1)CCN(Cc1cccc(C(F)(F)F)c1)C2=O)N1CCC(Cc2ccccc2)CC1. The van der Waals surface area contributed by atoms with Crippen molar-refractivity contribution in [2.75, 3.05) is 19.6 Å². The molecule has 2 aliphatic heterocycles. The summed E-state index contributed by atoms with van der Waals surface area (Å²) < 4.78 is 40.7. The van der Waals surface area contributed by atoms with Crippen molar-refractivity contribution in [1.29, 1.82) is 0 Å². The van der Waals surface area contributed by atoms with Crippen LogP contribution in [0.4, 0.5) is 13.2 Å². The number of likely N-dealkylation sites (tertiary alicyclic amines) is 1. The van der Waals surface area contributed by atoms with E-state index < -0.39 is 11.7 Å². The average molecular weight is 497 g/mol. The zero-order valence-electron chi connectivity index (χ0n) is 19.7. The van der Waals surface area contributed by atoms with Crippen LogP contribution in [0.3, 0.4) is 0 Å². The van der Waals surface area contributed by atoms with Crippen molar-refractivity contribution in [3.63, 3.8) is 0 Å². The van der Waals surface area contributed by atoms with E-state index in [9.17, 15) is 22.8 Å². The molecule has 9 heteroatoms. The Hall–Kier alpha value is -3.62. The number of benzene rings is 2. The first-order valence-electron chi connectivity index (χ1n) is 12.1. The molecule has 188 valence electrons. The fourth-order valence-electron chi connectivity index (χ4n) is 5.01. The Morgan fingerprint density at radius 2 is 1.64 bits per heavy atom. The van der Waals surface area contributed by atoms with Gasteiger partial charge in [-0.1, -0.05) is 42.5 Å². The molecule has 0 radical (unpaired) electrons. The first kappa shape index (κ1) is 24.1. The number of piperidine rings is 1. The predicted octanol–water partition coefficient (Wildman–Crippen LogP) is 4.65. The summed E-state index contributed by atoms with van der Waals surface area (Å²) in [5, 5.41) is 4.38. The number of halogens is 3. The summed E-state index contributed by atoms with van der Waals surface area (Å²) >= 11 is 0. The lowest BCUT2D eigenvalue weighted by Crippen LogP contribution is -2.40. The second-order valence-electron chi connectivity index (χ2n) is 9.49. The van der Waals surface area contributed by atoms with Crippen LogP contribution in [0.2, 0.25) is 0 Å². The van der Waals surface area contributed by atoms with E-state index in [2.05, 4.69) is 17.2 Å². The molecule has 3 aromatic rings. The molecule has 6 nitrogen and oxygen atoms in total. The molecule has 2 amide bonds. The molecule has 1 fully saturated rings. The van der Waals surface area contributed by atoms with E-state index in [4.69, 9.17) is 0 Å². The minimum Gasteiger partial charge on any atom is -0.337 e. The molecule has 2 aliphatic rings. The minimum atomic E-state index is -4.44. The highest BCUT2D eigenvalue weighted by atomic mass is 19.4. The number of aromatic nitrogens is 2. The van der Waals surface area contributed by atoms with E-state index in [0.29, 0.717) is 37.7 Å². The Balaban J connectivity index is 1.21. The van der Waals surface area contributed by atoms with E-state index >= 15 is 0 Å². The smallest absolute Gasteiger partial charge is 0.337 e. The fourth-order valence-corrected chi connectivity index (χ4v) is 5.01. The predicted molar refractivity (Wildman–Crippen MR) is 127 cm³/mol. The average Bonchev–Trinajstić information content (AvgIpc) is 3.31. The molecule has 0 spiro atoms. The van der Waals surface area contributed by atoms with Gasteiger partial charge < -0.3 is 9.80 Å². The van der Waals surface area contributed by atoms with Gasteiger partial charge in [0.05, 0.1) is 12.1 Å². The minimum absolute atomic E-state index is 0.0616. The quantitative estimate of drug-likeness (QED) is 0.517. The lowest BCUT2D eigenvalue weighted by molar-refractivity contribution is -0.137. The number of rotatable bonds is 5. The van der Waals surface area contributed by atoms with Gasteiger partial charge in [-0.2, -0.15) is 18.3 Å². The van der Waals surface area contributed by atoms with Crippen LogP contribution in [0.1, 0.15) is 50.5 Å². The summed E-state index contributed by atoms with van der Waals surface area (Å²) in [5.41, 5.74) is 1.49. The zero-order chi connectivity index (χ0) is 25.3. The van der Waals surface area contributed by atoms with Crippen molar-refractivity contribution < 1.29 is 22.8 Å². The Morgan fingerprint density at radius 1 is 0.917 bits per heavy atom. The molecular weight excluding hydrogens is 469 g/mol. The summed E-state index contributed by atoms with van der Waals surface area (Å²) in [5.74, 6) is -0.00305. The van der Waals surface area contributed by atoms with Gasteiger partial charge in [-0.05, 0) is 48.4 Å². The van der Waals surface area contributed by atoms with Crippen molar-refractivity contribution in [3.05, 3.63) is 88.7 Å². The third kappa shape index (κ3) is 5.15. The molecular formula is C27H27F3N4O2. The van der Waals surface area contributed by atoms with Crippen molar-refractivity contribution in [2.24, 2.45) is 5.92 Å². The van der Waals surface area contributed by atoms with Gasteiger partial charge in [-0.25, -0.2) is 0 Å². The lowest BCUT2D eigenvalue weighted by atomic mass is 9.90. The molecule has 3 heterocycles. The summed E-state index contributed by atoms with van der Waals surface area (Å²) in [6.45, 7) is 2.04. The van der Waals surface area contributed by atoms with Crippen molar-refractivity contribution in [3.8, 4) is 0 Å². The monoisotopic (exact) mass is 496 g/mol. The molecule has 0 aliphatic carbocycles. The Kier molecular flexibility index (Phi) is 6.55. The van der Waals surface area contributed by atoms with E-state index in [1.807, 2.05) is 18.2 Å². The fraction of sp³-hybridized carbons (Fsp3) is 0.370. The van der Waals surface area contributed by atoms with Gasteiger partial charge >= 0.3 is 6.18 Å². The topological polar surface area (TPSA) is 58.4 Å². The number of hydrogen-bond acceptors (Lipinski definition) is 3. The molecule has 0 N–H and O–H groups in total. The van der Waals surface area contributed by atoms with Gasteiger partial charge in [0.15, 0.2) is 5.69 Å². The van der Waals surface area contributed by atoms with Crippen LogP contribution >= 0.6 is 0 Å². The maximum Gasteiger partial charge on any atom is 0.416 e. The molecule has 0 bridgehead atoms. The second kappa shape index (κ2) is 9.79. The van der Waals surface area contributed by atoms with Crippen molar-refractivity contribution >= 4 is 11.8 Å². The van der Waals surface area contributed by atoms with Crippen LogP contribution in [0.5, 0.6) is 0 Å². The number of fused-ring (bicyclic) bond motifs is 1. The number of carbonyl (C=O) groups excluding carboxylic acids is 2. The van der Waals surface area contributed by atoms with E-state index in [-0.39, 0.29) is 29.7 Å². The number of carbonyl (C=O) groups is 2. The molecule has 5 rings (SSSR count). The molecule has 0 atom stereocenters.